The predicted octanol–water partition coefficient (Wildman–Crippen LogP) is 4.50. The van der Waals surface area contributed by atoms with Gasteiger partial charge < -0.3 is 10.2 Å². The van der Waals surface area contributed by atoms with Crippen molar-refractivity contribution in [2.75, 3.05) is 11.9 Å². The van der Waals surface area contributed by atoms with Crippen molar-refractivity contribution in [3.05, 3.63) is 65.5 Å². The van der Waals surface area contributed by atoms with E-state index in [1.165, 1.54) is 6.07 Å². The summed E-state index contributed by atoms with van der Waals surface area (Å²) in [5, 5.41) is 2.94. The first-order valence-corrected chi connectivity index (χ1v) is 7.54. The van der Waals surface area contributed by atoms with Crippen LogP contribution in [0.5, 0.6) is 0 Å². The van der Waals surface area contributed by atoms with E-state index in [0.29, 0.717) is 12.1 Å². The van der Waals surface area contributed by atoms with Gasteiger partial charge in [0.2, 0.25) is 0 Å². The fourth-order valence-corrected chi connectivity index (χ4v) is 2.98. The number of halogens is 1. The van der Waals surface area contributed by atoms with Gasteiger partial charge in [-0.2, -0.15) is 0 Å². The van der Waals surface area contributed by atoms with E-state index in [0.717, 1.165) is 24.1 Å². The van der Waals surface area contributed by atoms with Crippen LogP contribution in [0.15, 0.2) is 48.5 Å². The highest BCUT2D eigenvalue weighted by molar-refractivity contribution is 5.90. The number of nitrogens with zero attached hydrogens (tertiary/aromatic N) is 1. The van der Waals surface area contributed by atoms with Crippen molar-refractivity contribution >= 4 is 11.7 Å². The maximum Gasteiger partial charge on any atom is 0.322 e. The number of benzene rings is 2. The molecule has 0 saturated carbocycles. The average Bonchev–Trinajstić information content (AvgIpc) is 2.99. The second-order valence-corrected chi connectivity index (χ2v) is 5.62. The van der Waals surface area contributed by atoms with Crippen LogP contribution in [0.2, 0.25) is 0 Å². The molecule has 3 nitrogen and oxygen atoms in total. The summed E-state index contributed by atoms with van der Waals surface area (Å²) < 4.78 is 14.0. The van der Waals surface area contributed by atoms with E-state index in [4.69, 9.17) is 0 Å². The minimum absolute atomic E-state index is 0.167. The van der Waals surface area contributed by atoms with Crippen LogP contribution in [-0.2, 0) is 0 Å². The molecule has 22 heavy (non-hydrogen) atoms. The zero-order chi connectivity index (χ0) is 15.5. The Balaban J connectivity index is 1.80. The van der Waals surface area contributed by atoms with Crippen LogP contribution in [0, 0.1) is 12.7 Å². The Labute approximate surface area is 129 Å². The minimum atomic E-state index is -0.247. The van der Waals surface area contributed by atoms with E-state index in [1.807, 2.05) is 37.3 Å². The van der Waals surface area contributed by atoms with Crippen molar-refractivity contribution in [3.63, 3.8) is 0 Å². The molecule has 114 valence electrons. The summed E-state index contributed by atoms with van der Waals surface area (Å²) in [4.78, 5) is 14.3. The summed E-state index contributed by atoms with van der Waals surface area (Å²) in [6.07, 6.45) is 1.68. The molecule has 0 spiro atoms. The Bertz CT molecular complexity index is 686. The summed E-state index contributed by atoms with van der Waals surface area (Å²) in [6, 6.07) is 14.0. The van der Waals surface area contributed by atoms with Gasteiger partial charge in [-0.3, -0.25) is 0 Å². The third-order valence-electron chi connectivity index (χ3n) is 4.16. The monoisotopic (exact) mass is 298 g/mol. The summed E-state index contributed by atoms with van der Waals surface area (Å²) >= 11 is 0. The normalized spacial score (nSPS) is 17.5. The summed E-state index contributed by atoms with van der Waals surface area (Å²) in [5.41, 5.74) is 2.41. The number of amides is 2. The lowest BCUT2D eigenvalue weighted by atomic mass is 10.0. The third kappa shape index (κ3) is 2.82. The smallest absolute Gasteiger partial charge is 0.317 e. The minimum Gasteiger partial charge on any atom is -0.317 e. The van der Waals surface area contributed by atoms with Crippen molar-refractivity contribution in [1.82, 2.24) is 4.90 Å². The Morgan fingerprint density at radius 3 is 2.68 bits per heavy atom. The van der Waals surface area contributed by atoms with Crippen molar-refractivity contribution < 1.29 is 9.18 Å². The average molecular weight is 298 g/mol. The van der Waals surface area contributed by atoms with Gasteiger partial charge in [-0.1, -0.05) is 36.4 Å². The van der Waals surface area contributed by atoms with Crippen molar-refractivity contribution in [2.24, 2.45) is 0 Å². The van der Waals surface area contributed by atoms with E-state index < -0.39 is 0 Å². The lowest BCUT2D eigenvalue weighted by Crippen LogP contribution is -2.34. The molecular weight excluding hydrogens is 279 g/mol. The maximum atomic E-state index is 14.0. The molecule has 1 aliphatic rings. The number of rotatable bonds is 2. The van der Waals surface area contributed by atoms with Gasteiger partial charge in [-0.15, -0.1) is 0 Å². The van der Waals surface area contributed by atoms with Gasteiger partial charge in [0.25, 0.3) is 0 Å². The van der Waals surface area contributed by atoms with E-state index in [-0.39, 0.29) is 17.9 Å². The molecule has 2 aromatic carbocycles. The first-order valence-electron chi connectivity index (χ1n) is 7.54. The number of carbonyl (C=O) groups is 1. The van der Waals surface area contributed by atoms with Crippen LogP contribution in [0.4, 0.5) is 14.9 Å². The molecule has 1 N–H and O–H groups in total. The lowest BCUT2D eigenvalue weighted by Gasteiger charge is -2.26. The second-order valence-electron chi connectivity index (χ2n) is 5.62. The Kier molecular flexibility index (Phi) is 4.09. The van der Waals surface area contributed by atoms with Gasteiger partial charge in [-0.05, 0) is 37.5 Å². The Morgan fingerprint density at radius 1 is 1.18 bits per heavy atom. The fraction of sp³-hybridized carbons (Fsp3) is 0.278. The molecule has 0 aromatic heterocycles. The molecular formula is C18H19FN2O. The number of urea groups is 1. The van der Waals surface area contributed by atoms with Crippen LogP contribution in [0.25, 0.3) is 0 Å². The second kappa shape index (κ2) is 6.18. The number of para-hydroxylation sites is 1. The summed E-state index contributed by atoms with van der Waals surface area (Å²) in [7, 11) is 0. The largest absolute Gasteiger partial charge is 0.322 e. The van der Waals surface area contributed by atoms with E-state index in [2.05, 4.69) is 5.32 Å². The highest BCUT2D eigenvalue weighted by atomic mass is 19.1. The Hall–Kier alpha value is -2.36. The number of likely N-dealkylation sites (tertiary alicyclic amines) is 1. The molecule has 0 aliphatic carbocycles. The molecule has 1 aliphatic heterocycles. The molecule has 3 rings (SSSR count). The molecule has 1 heterocycles. The van der Waals surface area contributed by atoms with Crippen molar-refractivity contribution in [1.29, 1.82) is 0 Å². The van der Waals surface area contributed by atoms with Crippen LogP contribution in [0.1, 0.15) is 30.0 Å². The number of hydrogen-bond acceptors (Lipinski definition) is 1. The predicted molar refractivity (Wildman–Crippen MR) is 85.3 cm³/mol. The van der Waals surface area contributed by atoms with Crippen LogP contribution >= 0.6 is 0 Å². The molecule has 4 heteroatoms. The molecule has 1 atom stereocenters. The van der Waals surface area contributed by atoms with Gasteiger partial charge in [0.15, 0.2) is 0 Å². The zero-order valence-electron chi connectivity index (χ0n) is 12.6. The molecule has 2 aromatic rings. The quantitative estimate of drug-likeness (QED) is 0.869. The van der Waals surface area contributed by atoms with Crippen molar-refractivity contribution in [2.45, 2.75) is 25.8 Å². The standard InChI is InChI=1S/C18H19FN2O/c1-13-7-2-5-10-16(13)20-18(22)21-12-6-11-17(21)14-8-3-4-9-15(14)19/h2-5,7-10,17H,6,11-12H2,1H3,(H,20,22)/t17-/m0/s1. The zero-order valence-corrected chi connectivity index (χ0v) is 12.6. The maximum absolute atomic E-state index is 14.0. The van der Waals surface area contributed by atoms with Crippen LogP contribution < -0.4 is 5.32 Å². The van der Waals surface area contributed by atoms with E-state index in [1.54, 1.807) is 17.0 Å². The first-order chi connectivity index (χ1) is 10.7. The SMILES string of the molecule is Cc1ccccc1NC(=O)N1CCC[C@H]1c1ccccc1F. The first kappa shape index (κ1) is 14.6. The molecule has 0 radical (unpaired) electrons. The molecule has 1 saturated heterocycles. The summed E-state index contributed by atoms with van der Waals surface area (Å²) in [5.74, 6) is -0.247. The van der Waals surface area contributed by atoms with Gasteiger partial charge >= 0.3 is 6.03 Å². The highest BCUT2D eigenvalue weighted by Gasteiger charge is 2.31. The number of aryl methyl sites for hydroxylation is 1. The number of carbonyl (C=O) groups excluding carboxylic acids is 1. The molecule has 1 fully saturated rings. The number of hydrogen-bond donors (Lipinski definition) is 1. The fourth-order valence-electron chi connectivity index (χ4n) is 2.98. The van der Waals surface area contributed by atoms with E-state index in [9.17, 15) is 9.18 Å². The van der Waals surface area contributed by atoms with Gasteiger partial charge in [-0.25, -0.2) is 9.18 Å². The third-order valence-corrected chi connectivity index (χ3v) is 4.16. The van der Waals surface area contributed by atoms with Gasteiger partial charge in [0.05, 0.1) is 6.04 Å². The Morgan fingerprint density at radius 2 is 1.91 bits per heavy atom. The topological polar surface area (TPSA) is 32.3 Å². The number of anilines is 1. The highest BCUT2D eigenvalue weighted by Crippen LogP contribution is 2.33. The lowest BCUT2D eigenvalue weighted by molar-refractivity contribution is 0.206. The van der Waals surface area contributed by atoms with Crippen molar-refractivity contribution in [3.8, 4) is 0 Å². The number of nitrogens with one attached hydrogen (secondary N) is 1. The molecule has 2 amide bonds. The van der Waals surface area contributed by atoms with Gasteiger partial charge in [0, 0.05) is 17.8 Å². The van der Waals surface area contributed by atoms with Crippen LogP contribution in [-0.4, -0.2) is 17.5 Å². The molecule has 0 bridgehead atoms. The van der Waals surface area contributed by atoms with E-state index >= 15 is 0 Å². The van der Waals surface area contributed by atoms with Crippen LogP contribution in [0.3, 0.4) is 0 Å². The summed E-state index contributed by atoms with van der Waals surface area (Å²) in [6.45, 7) is 2.60. The molecule has 0 unspecified atom stereocenters. The van der Waals surface area contributed by atoms with Gasteiger partial charge in [0.1, 0.15) is 5.82 Å².